The van der Waals surface area contributed by atoms with Crippen LogP contribution in [0.5, 0.6) is 0 Å². The number of carbonyl (C=O) groups excluding carboxylic acids is 1. The third-order valence-corrected chi connectivity index (χ3v) is 3.61. The number of nitrogens with one attached hydrogen (secondary N) is 1. The summed E-state index contributed by atoms with van der Waals surface area (Å²) < 4.78 is 39.5. The van der Waals surface area contributed by atoms with Crippen LogP contribution in [-0.2, 0) is 12.7 Å². The zero-order valence-electron chi connectivity index (χ0n) is 13.0. The van der Waals surface area contributed by atoms with Gasteiger partial charge in [0, 0.05) is 30.2 Å². The maximum Gasteiger partial charge on any atom is 0.416 e. The Hall–Kier alpha value is -3.09. The van der Waals surface area contributed by atoms with Crippen molar-refractivity contribution in [3.05, 3.63) is 83.9 Å². The van der Waals surface area contributed by atoms with Crippen LogP contribution in [-0.4, -0.2) is 15.5 Å². The van der Waals surface area contributed by atoms with E-state index in [1.165, 1.54) is 12.1 Å². The quantitative estimate of drug-likeness (QED) is 0.770. The highest BCUT2D eigenvalue weighted by molar-refractivity contribution is 6.04. The lowest BCUT2D eigenvalue weighted by atomic mass is 10.1. The molecule has 4 nitrogen and oxygen atoms in total. The average molecular weight is 345 g/mol. The third-order valence-electron chi connectivity index (χ3n) is 3.61. The first-order chi connectivity index (χ1) is 11.9. The Kier molecular flexibility index (Phi) is 4.56. The van der Waals surface area contributed by atoms with E-state index in [1.54, 1.807) is 24.7 Å². The minimum atomic E-state index is -4.40. The Morgan fingerprint density at radius 3 is 2.28 bits per heavy atom. The van der Waals surface area contributed by atoms with Gasteiger partial charge in [-0.1, -0.05) is 12.1 Å². The van der Waals surface area contributed by atoms with Gasteiger partial charge < -0.3 is 9.88 Å². The first-order valence-electron chi connectivity index (χ1n) is 7.45. The zero-order valence-corrected chi connectivity index (χ0v) is 13.0. The second-order valence-corrected chi connectivity index (χ2v) is 5.46. The fourth-order valence-corrected chi connectivity index (χ4v) is 2.30. The number of imidazole rings is 1. The number of nitrogens with zero attached hydrogens (tertiary/aromatic N) is 2. The Balaban J connectivity index is 1.65. The molecule has 0 radical (unpaired) electrons. The van der Waals surface area contributed by atoms with E-state index in [0.29, 0.717) is 17.8 Å². The van der Waals surface area contributed by atoms with E-state index in [0.717, 1.165) is 17.7 Å². The summed E-state index contributed by atoms with van der Waals surface area (Å²) in [6.07, 6.45) is 0.829. The molecule has 1 aromatic heterocycles. The summed E-state index contributed by atoms with van der Waals surface area (Å²) in [7, 11) is 0. The molecule has 2 aromatic carbocycles. The highest BCUT2D eigenvalue weighted by atomic mass is 19.4. The number of benzene rings is 2. The number of hydrogen-bond donors (Lipinski definition) is 1. The van der Waals surface area contributed by atoms with Gasteiger partial charge in [0.2, 0.25) is 0 Å². The molecule has 0 fully saturated rings. The van der Waals surface area contributed by atoms with Crippen molar-refractivity contribution >= 4 is 11.6 Å². The SMILES string of the molecule is O=C(Nc1ccc(C(F)(F)F)cc1)c1ccc(Cn2ccnc2)cc1. The maximum atomic E-state index is 12.5. The summed E-state index contributed by atoms with van der Waals surface area (Å²) in [5.74, 6) is -0.381. The molecule has 3 aromatic rings. The molecule has 0 aliphatic rings. The van der Waals surface area contributed by atoms with Crippen LogP contribution in [0.4, 0.5) is 18.9 Å². The fourth-order valence-electron chi connectivity index (χ4n) is 2.30. The van der Waals surface area contributed by atoms with Gasteiger partial charge in [0.1, 0.15) is 0 Å². The molecule has 0 aliphatic carbocycles. The molecule has 1 heterocycles. The van der Waals surface area contributed by atoms with Gasteiger partial charge in [-0.2, -0.15) is 13.2 Å². The first-order valence-corrected chi connectivity index (χ1v) is 7.45. The monoisotopic (exact) mass is 345 g/mol. The van der Waals surface area contributed by atoms with Crippen molar-refractivity contribution < 1.29 is 18.0 Å². The largest absolute Gasteiger partial charge is 0.416 e. The van der Waals surface area contributed by atoms with Gasteiger partial charge in [0.25, 0.3) is 5.91 Å². The minimum Gasteiger partial charge on any atom is -0.333 e. The molecule has 7 heteroatoms. The molecule has 0 unspecified atom stereocenters. The molecular formula is C18H14F3N3O. The Labute approximate surface area is 141 Å². The molecule has 3 rings (SSSR count). The van der Waals surface area contributed by atoms with Crippen LogP contribution in [0.15, 0.2) is 67.3 Å². The molecule has 0 saturated carbocycles. The molecule has 1 amide bonds. The van der Waals surface area contributed by atoms with Crippen molar-refractivity contribution in [2.75, 3.05) is 5.32 Å². The van der Waals surface area contributed by atoms with Crippen molar-refractivity contribution in [3.63, 3.8) is 0 Å². The number of aromatic nitrogens is 2. The van der Waals surface area contributed by atoms with Gasteiger partial charge in [-0.3, -0.25) is 4.79 Å². The van der Waals surface area contributed by atoms with E-state index in [4.69, 9.17) is 0 Å². The molecule has 0 spiro atoms. The van der Waals surface area contributed by atoms with Crippen molar-refractivity contribution in [2.45, 2.75) is 12.7 Å². The van der Waals surface area contributed by atoms with Crippen LogP contribution >= 0.6 is 0 Å². The minimum absolute atomic E-state index is 0.306. The van der Waals surface area contributed by atoms with Crippen LogP contribution in [0, 0.1) is 0 Å². The Bertz CT molecular complexity index is 839. The van der Waals surface area contributed by atoms with Gasteiger partial charge in [-0.05, 0) is 42.0 Å². The summed E-state index contributed by atoms with van der Waals surface area (Å²) in [5.41, 5.74) is 0.980. The predicted molar refractivity (Wildman–Crippen MR) is 87.2 cm³/mol. The van der Waals surface area contributed by atoms with Gasteiger partial charge in [-0.15, -0.1) is 0 Å². The topological polar surface area (TPSA) is 46.9 Å². The van der Waals surface area contributed by atoms with E-state index in [1.807, 2.05) is 22.9 Å². The van der Waals surface area contributed by atoms with E-state index >= 15 is 0 Å². The summed E-state index contributed by atoms with van der Waals surface area (Å²) in [6.45, 7) is 0.640. The molecule has 1 N–H and O–H groups in total. The van der Waals surface area contributed by atoms with Gasteiger partial charge >= 0.3 is 6.18 Å². The predicted octanol–water partition coefficient (Wildman–Crippen LogP) is 4.20. The standard InChI is InChI=1S/C18H14F3N3O/c19-18(20,21)15-5-7-16(8-6-15)23-17(25)14-3-1-13(2-4-14)11-24-10-9-22-12-24/h1-10,12H,11H2,(H,23,25). The average Bonchev–Trinajstić information content (AvgIpc) is 3.08. The summed E-state index contributed by atoms with van der Waals surface area (Å²) in [6, 6.07) is 11.3. The van der Waals surface area contributed by atoms with Crippen LogP contribution in [0.3, 0.4) is 0 Å². The van der Waals surface area contributed by atoms with Crippen molar-refractivity contribution in [3.8, 4) is 0 Å². The van der Waals surface area contributed by atoms with E-state index < -0.39 is 11.7 Å². The number of carbonyl (C=O) groups is 1. The molecular weight excluding hydrogens is 331 g/mol. The maximum absolute atomic E-state index is 12.5. The Morgan fingerprint density at radius 1 is 1.04 bits per heavy atom. The molecule has 0 atom stereocenters. The van der Waals surface area contributed by atoms with E-state index in [9.17, 15) is 18.0 Å². The molecule has 0 bridgehead atoms. The molecule has 0 aliphatic heterocycles. The number of halogens is 3. The number of rotatable bonds is 4. The Morgan fingerprint density at radius 2 is 1.72 bits per heavy atom. The lowest BCUT2D eigenvalue weighted by Crippen LogP contribution is -2.12. The summed E-state index contributed by atoms with van der Waals surface area (Å²) in [5, 5.41) is 2.58. The van der Waals surface area contributed by atoms with Crippen LogP contribution < -0.4 is 5.32 Å². The van der Waals surface area contributed by atoms with Gasteiger partial charge in [0.15, 0.2) is 0 Å². The molecule has 25 heavy (non-hydrogen) atoms. The first kappa shape index (κ1) is 16.8. The number of alkyl halides is 3. The van der Waals surface area contributed by atoms with Crippen LogP contribution in [0.25, 0.3) is 0 Å². The van der Waals surface area contributed by atoms with E-state index in [2.05, 4.69) is 10.3 Å². The zero-order chi connectivity index (χ0) is 17.9. The summed E-state index contributed by atoms with van der Waals surface area (Å²) >= 11 is 0. The van der Waals surface area contributed by atoms with Gasteiger partial charge in [0.05, 0.1) is 11.9 Å². The lowest BCUT2D eigenvalue weighted by molar-refractivity contribution is -0.137. The van der Waals surface area contributed by atoms with Gasteiger partial charge in [-0.25, -0.2) is 4.98 Å². The fraction of sp³-hybridized carbons (Fsp3) is 0.111. The van der Waals surface area contributed by atoms with Crippen molar-refractivity contribution in [2.24, 2.45) is 0 Å². The second kappa shape index (κ2) is 6.80. The highest BCUT2D eigenvalue weighted by Gasteiger charge is 2.29. The smallest absolute Gasteiger partial charge is 0.333 e. The van der Waals surface area contributed by atoms with Crippen molar-refractivity contribution in [1.82, 2.24) is 9.55 Å². The third kappa shape index (κ3) is 4.26. The molecule has 128 valence electrons. The van der Waals surface area contributed by atoms with Crippen LogP contribution in [0.2, 0.25) is 0 Å². The number of hydrogen-bond acceptors (Lipinski definition) is 2. The van der Waals surface area contributed by atoms with E-state index in [-0.39, 0.29) is 5.91 Å². The summed E-state index contributed by atoms with van der Waals surface area (Å²) in [4.78, 5) is 16.1. The van der Waals surface area contributed by atoms with Crippen molar-refractivity contribution in [1.29, 1.82) is 0 Å². The lowest BCUT2D eigenvalue weighted by Gasteiger charge is -2.09. The van der Waals surface area contributed by atoms with Crippen LogP contribution in [0.1, 0.15) is 21.5 Å². The normalized spacial score (nSPS) is 11.3. The molecule has 0 saturated heterocycles. The number of amides is 1. The second-order valence-electron chi connectivity index (χ2n) is 5.46. The number of anilines is 1. The highest BCUT2D eigenvalue weighted by Crippen LogP contribution is 2.29.